The Morgan fingerprint density at radius 2 is 2.33 bits per heavy atom. The van der Waals surface area contributed by atoms with Gasteiger partial charge in [-0.25, -0.2) is 0 Å². The third-order valence-corrected chi connectivity index (χ3v) is 3.16. The highest BCUT2D eigenvalue weighted by molar-refractivity contribution is 5.93. The van der Waals surface area contributed by atoms with Crippen molar-refractivity contribution in [3.05, 3.63) is 24.0 Å². The molecule has 5 nitrogen and oxygen atoms in total. The molecule has 98 valence electrons. The number of nitrogens with one attached hydrogen (secondary N) is 1. The Kier molecular flexibility index (Phi) is 3.52. The molecule has 0 atom stereocenters. The van der Waals surface area contributed by atoms with E-state index in [-0.39, 0.29) is 11.4 Å². The van der Waals surface area contributed by atoms with Crippen molar-refractivity contribution in [1.29, 1.82) is 0 Å². The van der Waals surface area contributed by atoms with Gasteiger partial charge in [-0.3, -0.25) is 9.78 Å². The summed E-state index contributed by atoms with van der Waals surface area (Å²) in [6, 6.07) is 3.61. The first kappa shape index (κ1) is 12.8. The highest BCUT2D eigenvalue weighted by Gasteiger charge is 2.35. The minimum Gasteiger partial charge on any atom is -0.388 e. The number of aromatic nitrogens is 1. The predicted molar refractivity (Wildman–Crippen MR) is 69.7 cm³/mol. The lowest BCUT2D eigenvalue weighted by Crippen LogP contribution is -2.55. The summed E-state index contributed by atoms with van der Waals surface area (Å²) in [5, 5.41) is 3.01. The van der Waals surface area contributed by atoms with Crippen LogP contribution in [0.2, 0.25) is 0 Å². The minimum atomic E-state index is -0.285. The fraction of sp³-hybridized carbons (Fsp3) is 0.538. The lowest BCUT2D eigenvalue weighted by atomic mass is 10.0. The zero-order valence-electron chi connectivity index (χ0n) is 11.1. The molecule has 0 aromatic carbocycles. The molecule has 0 unspecified atom stereocenters. The number of nitrogens with zero attached hydrogens (tertiary/aromatic N) is 2. The van der Waals surface area contributed by atoms with Crippen molar-refractivity contribution in [1.82, 2.24) is 9.88 Å². The van der Waals surface area contributed by atoms with Crippen LogP contribution in [0.3, 0.4) is 0 Å². The van der Waals surface area contributed by atoms with Crippen molar-refractivity contribution < 1.29 is 9.53 Å². The van der Waals surface area contributed by atoms with Gasteiger partial charge in [-0.15, -0.1) is 0 Å². The average molecular weight is 249 g/mol. The van der Waals surface area contributed by atoms with E-state index >= 15 is 0 Å². The van der Waals surface area contributed by atoms with Crippen LogP contribution >= 0.6 is 0 Å². The molecule has 1 fully saturated rings. The Morgan fingerprint density at radius 1 is 1.56 bits per heavy atom. The highest BCUT2D eigenvalue weighted by Crippen LogP contribution is 2.21. The van der Waals surface area contributed by atoms with Gasteiger partial charge < -0.3 is 15.0 Å². The maximum atomic E-state index is 12.5. The zero-order valence-corrected chi connectivity index (χ0v) is 11.1. The van der Waals surface area contributed by atoms with Crippen LogP contribution in [0.25, 0.3) is 0 Å². The van der Waals surface area contributed by atoms with Crippen LogP contribution < -0.4 is 5.32 Å². The number of carbonyl (C=O) groups is 1. The van der Waals surface area contributed by atoms with Crippen LogP contribution in [-0.4, -0.2) is 48.1 Å². The fourth-order valence-corrected chi connectivity index (χ4v) is 2.08. The molecule has 18 heavy (non-hydrogen) atoms. The van der Waals surface area contributed by atoms with Crippen molar-refractivity contribution >= 4 is 11.6 Å². The Balaban J connectivity index is 2.24. The summed E-state index contributed by atoms with van der Waals surface area (Å²) in [4.78, 5) is 18.5. The van der Waals surface area contributed by atoms with E-state index in [9.17, 15) is 4.79 Å². The number of amides is 1. The standard InChI is InChI=1S/C13H19N3O2/c1-13(2)9-18-7-6-16(13)12(17)11-8-10(14-3)4-5-15-11/h4-5,8H,6-7,9H2,1-3H3,(H,14,15). The van der Waals surface area contributed by atoms with Crippen LogP contribution in [0.4, 0.5) is 5.69 Å². The Hall–Kier alpha value is -1.62. The molecule has 2 rings (SSSR count). The fourth-order valence-electron chi connectivity index (χ4n) is 2.08. The quantitative estimate of drug-likeness (QED) is 0.860. The number of rotatable bonds is 2. The van der Waals surface area contributed by atoms with Gasteiger partial charge in [0, 0.05) is 25.5 Å². The molecule has 1 amide bonds. The molecule has 0 aliphatic carbocycles. The molecular formula is C13H19N3O2. The van der Waals surface area contributed by atoms with Gasteiger partial charge in [-0.2, -0.15) is 0 Å². The molecule has 1 aromatic heterocycles. The molecule has 1 aliphatic rings. The summed E-state index contributed by atoms with van der Waals surface area (Å²) >= 11 is 0. The molecule has 0 radical (unpaired) electrons. The molecular weight excluding hydrogens is 230 g/mol. The topological polar surface area (TPSA) is 54.5 Å². The Labute approximate surface area is 107 Å². The molecule has 0 bridgehead atoms. The second-order valence-electron chi connectivity index (χ2n) is 5.00. The van der Waals surface area contributed by atoms with Crippen LogP contribution in [0.15, 0.2) is 18.3 Å². The lowest BCUT2D eigenvalue weighted by molar-refractivity contribution is -0.0373. The largest absolute Gasteiger partial charge is 0.388 e. The maximum Gasteiger partial charge on any atom is 0.273 e. The smallest absolute Gasteiger partial charge is 0.273 e. The lowest BCUT2D eigenvalue weighted by Gasteiger charge is -2.41. The van der Waals surface area contributed by atoms with Gasteiger partial charge in [-0.05, 0) is 26.0 Å². The van der Waals surface area contributed by atoms with E-state index in [1.807, 2.05) is 31.9 Å². The zero-order chi connectivity index (χ0) is 13.2. The van der Waals surface area contributed by atoms with Gasteiger partial charge in [-0.1, -0.05) is 0 Å². The molecule has 0 spiro atoms. The first-order valence-corrected chi connectivity index (χ1v) is 6.08. The van der Waals surface area contributed by atoms with Crippen LogP contribution in [-0.2, 0) is 4.74 Å². The normalized spacial score (nSPS) is 18.5. The monoisotopic (exact) mass is 249 g/mol. The van der Waals surface area contributed by atoms with E-state index in [0.29, 0.717) is 25.5 Å². The number of pyridine rings is 1. The summed E-state index contributed by atoms with van der Waals surface area (Å²) in [5.41, 5.74) is 1.07. The number of hydrogen-bond donors (Lipinski definition) is 1. The van der Waals surface area contributed by atoms with Crippen LogP contribution in [0.5, 0.6) is 0 Å². The van der Waals surface area contributed by atoms with Crippen LogP contribution in [0, 0.1) is 0 Å². The summed E-state index contributed by atoms with van der Waals surface area (Å²) in [5.74, 6) is -0.0413. The van der Waals surface area contributed by atoms with E-state index in [1.54, 1.807) is 12.3 Å². The Morgan fingerprint density at radius 3 is 3.00 bits per heavy atom. The number of hydrogen-bond acceptors (Lipinski definition) is 4. The van der Waals surface area contributed by atoms with Crippen molar-refractivity contribution in [2.75, 3.05) is 32.1 Å². The summed E-state index contributed by atoms with van der Waals surface area (Å²) in [7, 11) is 1.82. The SMILES string of the molecule is CNc1ccnc(C(=O)N2CCOCC2(C)C)c1. The van der Waals surface area contributed by atoms with E-state index in [2.05, 4.69) is 10.3 Å². The van der Waals surface area contributed by atoms with Gasteiger partial charge >= 0.3 is 0 Å². The van der Waals surface area contributed by atoms with Crippen molar-refractivity contribution in [2.45, 2.75) is 19.4 Å². The molecule has 0 saturated carbocycles. The average Bonchev–Trinajstić information content (AvgIpc) is 2.37. The van der Waals surface area contributed by atoms with Crippen molar-refractivity contribution in [2.24, 2.45) is 0 Å². The second kappa shape index (κ2) is 4.94. The number of morpholine rings is 1. The third kappa shape index (κ3) is 2.46. The van der Waals surface area contributed by atoms with Gasteiger partial charge in [0.2, 0.25) is 0 Å². The van der Waals surface area contributed by atoms with E-state index in [0.717, 1.165) is 5.69 Å². The van der Waals surface area contributed by atoms with Gasteiger partial charge in [0.15, 0.2) is 0 Å². The van der Waals surface area contributed by atoms with Gasteiger partial charge in [0.1, 0.15) is 5.69 Å². The summed E-state index contributed by atoms with van der Waals surface area (Å²) in [6.45, 7) is 5.76. The first-order valence-electron chi connectivity index (χ1n) is 6.08. The summed E-state index contributed by atoms with van der Waals surface area (Å²) in [6.07, 6.45) is 1.65. The van der Waals surface area contributed by atoms with Gasteiger partial charge in [0.25, 0.3) is 5.91 Å². The minimum absolute atomic E-state index is 0.0413. The molecule has 1 aliphatic heterocycles. The third-order valence-electron chi connectivity index (χ3n) is 3.16. The second-order valence-corrected chi connectivity index (χ2v) is 5.00. The maximum absolute atomic E-state index is 12.5. The molecule has 1 saturated heterocycles. The van der Waals surface area contributed by atoms with E-state index in [4.69, 9.17) is 4.74 Å². The number of ether oxygens (including phenoxy) is 1. The van der Waals surface area contributed by atoms with E-state index in [1.165, 1.54) is 0 Å². The van der Waals surface area contributed by atoms with Gasteiger partial charge in [0.05, 0.1) is 18.8 Å². The first-order chi connectivity index (χ1) is 8.54. The molecule has 2 heterocycles. The highest BCUT2D eigenvalue weighted by atomic mass is 16.5. The summed E-state index contributed by atoms with van der Waals surface area (Å²) < 4.78 is 5.42. The van der Waals surface area contributed by atoms with E-state index < -0.39 is 0 Å². The predicted octanol–water partition coefficient (Wildman–Crippen LogP) is 1.37. The van der Waals surface area contributed by atoms with Crippen molar-refractivity contribution in [3.8, 4) is 0 Å². The molecule has 5 heteroatoms. The Bertz CT molecular complexity index is 446. The molecule has 1 N–H and O–H groups in total. The molecule has 1 aromatic rings. The number of carbonyl (C=O) groups excluding carboxylic acids is 1. The number of anilines is 1. The van der Waals surface area contributed by atoms with Crippen LogP contribution in [0.1, 0.15) is 24.3 Å². The van der Waals surface area contributed by atoms with Crippen molar-refractivity contribution in [3.63, 3.8) is 0 Å².